The molecule has 0 atom stereocenters. The van der Waals surface area contributed by atoms with Crippen molar-refractivity contribution in [3.05, 3.63) is 48.0 Å². The topological polar surface area (TPSA) is 111 Å². The van der Waals surface area contributed by atoms with Crippen molar-refractivity contribution in [2.45, 2.75) is 25.2 Å². The second kappa shape index (κ2) is 11.7. The van der Waals surface area contributed by atoms with Crippen LogP contribution in [0.25, 0.3) is 0 Å². The first-order valence-corrected chi connectivity index (χ1v) is 11.8. The number of rotatable bonds is 11. The van der Waals surface area contributed by atoms with E-state index < -0.39 is 28.5 Å². The van der Waals surface area contributed by atoms with Gasteiger partial charge in [-0.15, -0.1) is 0 Å². The van der Waals surface area contributed by atoms with Crippen LogP contribution in [0, 0.1) is 5.92 Å². The maximum absolute atomic E-state index is 12.3. The number of nitrogens with one attached hydrogen (secondary N) is 1. The van der Waals surface area contributed by atoms with Crippen LogP contribution in [0.5, 0.6) is 11.5 Å². The van der Waals surface area contributed by atoms with Crippen molar-refractivity contribution in [3.8, 4) is 11.5 Å². The van der Waals surface area contributed by atoms with E-state index in [1.807, 2.05) is 0 Å². The Morgan fingerprint density at radius 2 is 1.73 bits per heavy atom. The van der Waals surface area contributed by atoms with Crippen LogP contribution in [0.15, 0.2) is 47.4 Å². The Labute approximate surface area is 194 Å². The lowest BCUT2D eigenvalue weighted by molar-refractivity contribution is -0.119. The van der Waals surface area contributed by atoms with Gasteiger partial charge in [0.15, 0.2) is 6.61 Å². The Morgan fingerprint density at radius 1 is 1.06 bits per heavy atom. The minimum Gasteiger partial charge on any atom is -0.495 e. The van der Waals surface area contributed by atoms with Gasteiger partial charge in [0.2, 0.25) is 10.0 Å². The number of hydrogen-bond donors (Lipinski definition) is 1. The van der Waals surface area contributed by atoms with Gasteiger partial charge in [-0.25, -0.2) is 17.5 Å². The Morgan fingerprint density at radius 3 is 2.30 bits per heavy atom. The van der Waals surface area contributed by atoms with Gasteiger partial charge in [0.1, 0.15) is 11.5 Å². The molecule has 10 heteroatoms. The highest BCUT2D eigenvalue weighted by molar-refractivity contribution is 7.89. The zero-order valence-corrected chi connectivity index (χ0v) is 20.3. The smallest absolute Gasteiger partial charge is 0.338 e. The van der Waals surface area contributed by atoms with Crippen LogP contribution in [0.4, 0.5) is 5.69 Å². The second-order valence-corrected chi connectivity index (χ2v) is 9.98. The molecule has 0 bridgehead atoms. The summed E-state index contributed by atoms with van der Waals surface area (Å²) in [5.41, 5.74) is 0.417. The summed E-state index contributed by atoms with van der Waals surface area (Å²) in [6.07, 6.45) is 0.924. The molecular weight excluding hydrogens is 448 g/mol. The maximum Gasteiger partial charge on any atom is 0.338 e. The molecule has 0 aliphatic rings. The standard InChI is InChI=1S/C23H30N2O7S/c1-16(2)12-13-31-18-8-6-17(7-9-18)23(27)32-15-22(26)24-20-14-19(10-11-21(20)30-5)33(28,29)25(3)4/h6-11,14,16H,12-13,15H2,1-5H3,(H,24,26). The Hall–Kier alpha value is -3.11. The summed E-state index contributed by atoms with van der Waals surface area (Å²) >= 11 is 0. The van der Waals surface area contributed by atoms with Gasteiger partial charge >= 0.3 is 5.97 Å². The number of hydrogen-bond acceptors (Lipinski definition) is 7. The minimum absolute atomic E-state index is 0.0173. The third-order valence-corrected chi connectivity index (χ3v) is 6.42. The summed E-state index contributed by atoms with van der Waals surface area (Å²) < 4.78 is 41.6. The lowest BCUT2D eigenvalue weighted by Crippen LogP contribution is -2.23. The van der Waals surface area contributed by atoms with Crippen molar-refractivity contribution < 1.29 is 32.2 Å². The average Bonchev–Trinajstić information content (AvgIpc) is 2.77. The maximum atomic E-state index is 12.3. The molecule has 2 rings (SSSR count). The number of amides is 1. The Bertz CT molecular complexity index is 1060. The molecule has 0 fully saturated rings. The van der Waals surface area contributed by atoms with Crippen LogP contribution in [0.1, 0.15) is 30.6 Å². The summed E-state index contributed by atoms with van der Waals surface area (Å²) in [7, 11) is 0.494. The van der Waals surface area contributed by atoms with E-state index in [1.54, 1.807) is 24.3 Å². The minimum atomic E-state index is -3.71. The van der Waals surface area contributed by atoms with E-state index in [-0.39, 0.29) is 21.9 Å². The normalized spacial score (nSPS) is 11.4. The molecule has 0 unspecified atom stereocenters. The fourth-order valence-electron chi connectivity index (χ4n) is 2.66. The highest BCUT2D eigenvalue weighted by Crippen LogP contribution is 2.28. The molecule has 180 valence electrons. The molecule has 0 spiro atoms. The average molecular weight is 479 g/mol. The number of benzene rings is 2. The monoisotopic (exact) mass is 478 g/mol. The quantitative estimate of drug-likeness (QED) is 0.494. The molecule has 2 aromatic rings. The van der Waals surface area contributed by atoms with Gasteiger partial charge in [-0.3, -0.25) is 4.79 Å². The zero-order valence-electron chi connectivity index (χ0n) is 19.5. The van der Waals surface area contributed by atoms with Crippen molar-refractivity contribution >= 4 is 27.6 Å². The third kappa shape index (κ3) is 7.47. The van der Waals surface area contributed by atoms with Crippen molar-refractivity contribution in [2.24, 2.45) is 5.92 Å². The van der Waals surface area contributed by atoms with E-state index in [9.17, 15) is 18.0 Å². The van der Waals surface area contributed by atoms with Gasteiger partial charge in [-0.2, -0.15) is 0 Å². The zero-order chi connectivity index (χ0) is 24.6. The summed E-state index contributed by atoms with van der Waals surface area (Å²) in [6, 6.07) is 10.5. The van der Waals surface area contributed by atoms with Gasteiger partial charge in [0.05, 0.1) is 29.9 Å². The predicted molar refractivity (Wildman–Crippen MR) is 124 cm³/mol. The molecule has 0 heterocycles. The van der Waals surface area contributed by atoms with Crippen LogP contribution in [0.2, 0.25) is 0 Å². The molecule has 0 saturated heterocycles. The van der Waals surface area contributed by atoms with Crippen LogP contribution in [0.3, 0.4) is 0 Å². The predicted octanol–water partition coefficient (Wildman–Crippen LogP) is 3.17. The summed E-state index contributed by atoms with van der Waals surface area (Å²) in [5, 5.41) is 2.52. The molecule has 0 aliphatic carbocycles. The molecule has 0 radical (unpaired) electrons. The van der Waals surface area contributed by atoms with Crippen LogP contribution < -0.4 is 14.8 Å². The number of anilines is 1. The number of carbonyl (C=O) groups excluding carboxylic acids is 2. The molecule has 2 aromatic carbocycles. The molecule has 0 aliphatic heterocycles. The van der Waals surface area contributed by atoms with Gasteiger partial charge < -0.3 is 19.5 Å². The molecule has 9 nitrogen and oxygen atoms in total. The van der Waals surface area contributed by atoms with Crippen molar-refractivity contribution in [1.29, 1.82) is 0 Å². The third-order valence-electron chi connectivity index (χ3n) is 4.61. The van der Waals surface area contributed by atoms with E-state index in [4.69, 9.17) is 14.2 Å². The number of carbonyl (C=O) groups is 2. The summed E-state index contributed by atoms with van der Waals surface area (Å²) in [5.74, 6) is 0.125. The van der Waals surface area contributed by atoms with E-state index in [0.29, 0.717) is 18.3 Å². The number of sulfonamides is 1. The number of ether oxygens (including phenoxy) is 3. The fraction of sp³-hybridized carbons (Fsp3) is 0.391. The van der Waals surface area contributed by atoms with Crippen LogP contribution in [-0.2, 0) is 19.6 Å². The number of nitrogens with zero attached hydrogens (tertiary/aromatic N) is 1. The molecule has 1 N–H and O–H groups in total. The highest BCUT2D eigenvalue weighted by Gasteiger charge is 2.20. The first-order chi connectivity index (χ1) is 15.5. The van der Waals surface area contributed by atoms with Gasteiger partial charge in [0.25, 0.3) is 5.91 Å². The van der Waals surface area contributed by atoms with E-state index in [2.05, 4.69) is 19.2 Å². The Kier molecular flexibility index (Phi) is 9.24. The molecule has 0 aromatic heterocycles. The second-order valence-electron chi connectivity index (χ2n) is 7.83. The van der Waals surface area contributed by atoms with Crippen molar-refractivity contribution in [2.75, 3.05) is 39.7 Å². The molecular formula is C23H30N2O7S. The lowest BCUT2D eigenvalue weighted by atomic mass is 10.1. The van der Waals surface area contributed by atoms with Crippen molar-refractivity contribution in [1.82, 2.24) is 4.31 Å². The highest BCUT2D eigenvalue weighted by atomic mass is 32.2. The Balaban J connectivity index is 1.97. The van der Waals surface area contributed by atoms with Gasteiger partial charge in [-0.05, 0) is 54.8 Å². The van der Waals surface area contributed by atoms with Gasteiger partial charge in [-0.1, -0.05) is 13.8 Å². The first-order valence-electron chi connectivity index (χ1n) is 10.3. The number of esters is 1. The fourth-order valence-corrected chi connectivity index (χ4v) is 3.58. The first kappa shape index (κ1) is 26.1. The molecule has 1 amide bonds. The van der Waals surface area contributed by atoms with Crippen LogP contribution in [-0.4, -0.2) is 59.0 Å². The molecule has 33 heavy (non-hydrogen) atoms. The summed E-state index contributed by atoms with van der Waals surface area (Å²) in [4.78, 5) is 24.5. The van der Waals surface area contributed by atoms with E-state index >= 15 is 0 Å². The van der Waals surface area contributed by atoms with Crippen LogP contribution >= 0.6 is 0 Å². The number of methoxy groups -OCH3 is 1. The molecule has 0 saturated carbocycles. The van der Waals surface area contributed by atoms with E-state index in [0.717, 1.165) is 10.7 Å². The lowest BCUT2D eigenvalue weighted by Gasteiger charge is -2.15. The SMILES string of the molecule is COc1ccc(S(=O)(=O)N(C)C)cc1NC(=O)COC(=O)c1ccc(OCCC(C)C)cc1. The summed E-state index contributed by atoms with van der Waals surface area (Å²) in [6.45, 7) is 4.25. The van der Waals surface area contributed by atoms with Crippen molar-refractivity contribution in [3.63, 3.8) is 0 Å². The van der Waals surface area contributed by atoms with E-state index in [1.165, 1.54) is 39.4 Å². The largest absolute Gasteiger partial charge is 0.495 e. The van der Waals surface area contributed by atoms with Gasteiger partial charge in [0, 0.05) is 14.1 Å².